The van der Waals surface area contributed by atoms with E-state index in [2.05, 4.69) is 25.7 Å². The number of nitrogens with one attached hydrogen (secondary N) is 1. The van der Waals surface area contributed by atoms with Gasteiger partial charge in [0.05, 0.1) is 0 Å². The van der Waals surface area contributed by atoms with Crippen molar-refractivity contribution >= 4 is 0 Å². The van der Waals surface area contributed by atoms with Crippen LogP contribution in [0.25, 0.3) is 0 Å². The van der Waals surface area contributed by atoms with Gasteiger partial charge in [0.1, 0.15) is 0 Å². The highest BCUT2D eigenvalue weighted by molar-refractivity contribution is 4.94. The molecule has 3 unspecified atom stereocenters. The summed E-state index contributed by atoms with van der Waals surface area (Å²) in [7, 11) is 0. The summed E-state index contributed by atoms with van der Waals surface area (Å²) in [5, 5.41) is 3.44. The van der Waals surface area contributed by atoms with E-state index in [4.69, 9.17) is 0 Å². The number of rotatable bonds is 3. The third-order valence-electron chi connectivity index (χ3n) is 1.94. The van der Waals surface area contributed by atoms with Crippen LogP contribution in [-0.4, -0.2) is 12.1 Å². The second-order valence-corrected chi connectivity index (χ2v) is 3.01. The van der Waals surface area contributed by atoms with Gasteiger partial charge in [-0.25, -0.2) is 0 Å². The van der Waals surface area contributed by atoms with Crippen molar-refractivity contribution in [3.05, 3.63) is 12.7 Å². The van der Waals surface area contributed by atoms with Gasteiger partial charge in [-0.3, -0.25) is 0 Å². The van der Waals surface area contributed by atoms with E-state index in [0.29, 0.717) is 6.04 Å². The van der Waals surface area contributed by atoms with E-state index >= 15 is 0 Å². The molecule has 1 saturated carbocycles. The minimum Gasteiger partial charge on any atom is -0.308 e. The molecule has 1 rings (SSSR count). The molecule has 0 aromatic carbocycles. The molecule has 1 N–H and O–H groups in total. The first-order chi connectivity index (χ1) is 4.24. The summed E-state index contributed by atoms with van der Waals surface area (Å²) in [5.74, 6) is 0.896. The molecule has 1 heteroatoms. The Morgan fingerprint density at radius 3 is 2.67 bits per heavy atom. The molecule has 0 aromatic rings. The average molecular weight is 125 g/mol. The average Bonchev–Trinajstić information content (AvgIpc) is 2.47. The quantitative estimate of drug-likeness (QED) is 0.564. The minimum atomic E-state index is 0.486. The highest BCUT2D eigenvalue weighted by Gasteiger charge is 2.32. The number of hydrogen-bond acceptors (Lipinski definition) is 1. The van der Waals surface area contributed by atoms with Crippen molar-refractivity contribution in [2.45, 2.75) is 32.4 Å². The maximum Gasteiger partial charge on any atom is 0.0221 e. The van der Waals surface area contributed by atoms with E-state index in [0.717, 1.165) is 12.0 Å². The lowest BCUT2D eigenvalue weighted by atomic mass is 10.3. The zero-order chi connectivity index (χ0) is 6.85. The van der Waals surface area contributed by atoms with Crippen molar-refractivity contribution in [2.75, 3.05) is 0 Å². The van der Waals surface area contributed by atoms with Gasteiger partial charge < -0.3 is 5.32 Å². The maximum atomic E-state index is 3.70. The third-order valence-corrected chi connectivity index (χ3v) is 1.94. The molecule has 0 aromatic heterocycles. The molecule has 0 radical (unpaired) electrons. The monoisotopic (exact) mass is 125 g/mol. The van der Waals surface area contributed by atoms with Crippen LogP contribution in [0.4, 0.5) is 0 Å². The van der Waals surface area contributed by atoms with Gasteiger partial charge in [-0.15, -0.1) is 6.58 Å². The predicted octanol–water partition coefficient (Wildman–Crippen LogP) is 1.56. The Morgan fingerprint density at radius 1 is 1.78 bits per heavy atom. The van der Waals surface area contributed by atoms with Gasteiger partial charge >= 0.3 is 0 Å². The number of hydrogen-bond donors (Lipinski definition) is 1. The van der Waals surface area contributed by atoms with Gasteiger partial charge in [-0.05, 0) is 19.3 Å². The van der Waals surface area contributed by atoms with E-state index in [-0.39, 0.29) is 0 Å². The topological polar surface area (TPSA) is 12.0 Å². The van der Waals surface area contributed by atoms with Crippen molar-refractivity contribution in [2.24, 2.45) is 5.92 Å². The van der Waals surface area contributed by atoms with Gasteiger partial charge in [0.2, 0.25) is 0 Å². The fraction of sp³-hybridized carbons (Fsp3) is 0.750. The molecule has 0 amide bonds. The van der Waals surface area contributed by atoms with Gasteiger partial charge in [-0.1, -0.05) is 13.0 Å². The van der Waals surface area contributed by atoms with Crippen LogP contribution < -0.4 is 5.32 Å². The summed E-state index contributed by atoms with van der Waals surface area (Å²) in [6.07, 6.45) is 3.29. The van der Waals surface area contributed by atoms with Crippen molar-refractivity contribution in [3.63, 3.8) is 0 Å². The summed E-state index contributed by atoms with van der Waals surface area (Å²) in [6, 6.07) is 1.26. The molecule has 1 fully saturated rings. The van der Waals surface area contributed by atoms with Crippen molar-refractivity contribution in [1.29, 1.82) is 0 Å². The minimum absolute atomic E-state index is 0.486. The molecule has 1 aliphatic rings. The van der Waals surface area contributed by atoms with Crippen LogP contribution in [0, 0.1) is 5.92 Å². The normalized spacial score (nSPS) is 35.8. The Bertz CT molecular complexity index is 109. The third kappa shape index (κ3) is 1.83. The summed E-state index contributed by atoms with van der Waals surface area (Å²) in [5.41, 5.74) is 0. The fourth-order valence-corrected chi connectivity index (χ4v) is 0.960. The standard InChI is InChI=1S/C8H15N/c1-4-7(3)9-8-5-6(8)2/h4,6-9H,1,5H2,2-3H3. The van der Waals surface area contributed by atoms with Crippen molar-refractivity contribution in [3.8, 4) is 0 Å². The maximum absolute atomic E-state index is 3.70. The van der Waals surface area contributed by atoms with E-state index in [1.165, 1.54) is 6.42 Å². The zero-order valence-electron chi connectivity index (χ0n) is 6.22. The van der Waals surface area contributed by atoms with E-state index in [9.17, 15) is 0 Å². The molecule has 52 valence electrons. The zero-order valence-corrected chi connectivity index (χ0v) is 6.22. The van der Waals surface area contributed by atoms with E-state index < -0.39 is 0 Å². The Morgan fingerprint density at radius 2 is 2.33 bits per heavy atom. The lowest BCUT2D eigenvalue weighted by Gasteiger charge is -2.06. The van der Waals surface area contributed by atoms with Gasteiger partial charge in [0.15, 0.2) is 0 Å². The van der Waals surface area contributed by atoms with Crippen LogP contribution in [0.1, 0.15) is 20.3 Å². The summed E-state index contributed by atoms with van der Waals surface area (Å²) in [6.45, 7) is 8.11. The van der Waals surface area contributed by atoms with Crippen LogP contribution in [0.5, 0.6) is 0 Å². The van der Waals surface area contributed by atoms with Crippen molar-refractivity contribution in [1.82, 2.24) is 5.32 Å². The lowest BCUT2D eigenvalue weighted by molar-refractivity contribution is 0.604. The molecular weight excluding hydrogens is 110 g/mol. The highest BCUT2D eigenvalue weighted by atomic mass is 15.0. The largest absolute Gasteiger partial charge is 0.308 e. The van der Waals surface area contributed by atoms with Gasteiger partial charge in [0, 0.05) is 12.1 Å². The Hall–Kier alpha value is -0.300. The molecule has 0 aliphatic heterocycles. The Labute approximate surface area is 57.1 Å². The summed E-state index contributed by atoms with van der Waals surface area (Å²) in [4.78, 5) is 0. The Kier molecular flexibility index (Phi) is 1.91. The SMILES string of the molecule is C=CC(C)NC1CC1C. The molecule has 0 bridgehead atoms. The molecular formula is C8H15N. The summed E-state index contributed by atoms with van der Waals surface area (Å²) >= 11 is 0. The molecule has 1 nitrogen and oxygen atoms in total. The van der Waals surface area contributed by atoms with E-state index in [1.54, 1.807) is 0 Å². The molecule has 0 saturated heterocycles. The van der Waals surface area contributed by atoms with Crippen LogP contribution in [-0.2, 0) is 0 Å². The molecule has 1 aliphatic carbocycles. The summed E-state index contributed by atoms with van der Waals surface area (Å²) < 4.78 is 0. The van der Waals surface area contributed by atoms with Crippen LogP contribution in [0.2, 0.25) is 0 Å². The molecule has 0 heterocycles. The Balaban J connectivity index is 2.11. The van der Waals surface area contributed by atoms with Crippen LogP contribution >= 0.6 is 0 Å². The van der Waals surface area contributed by atoms with Gasteiger partial charge in [0.25, 0.3) is 0 Å². The van der Waals surface area contributed by atoms with Gasteiger partial charge in [-0.2, -0.15) is 0 Å². The molecule has 0 spiro atoms. The first-order valence-electron chi connectivity index (χ1n) is 3.62. The molecule has 3 atom stereocenters. The fourth-order valence-electron chi connectivity index (χ4n) is 0.960. The first kappa shape index (κ1) is 6.81. The van der Waals surface area contributed by atoms with Crippen LogP contribution in [0.15, 0.2) is 12.7 Å². The first-order valence-corrected chi connectivity index (χ1v) is 3.62. The second-order valence-electron chi connectivity index (χ2n) is 3.01. The predicted molar refractivity (Wildman–Crippen MR) is 40.4 cm³/mol. The lowest BCUT2D eigenvalue weighted by Crippen LogP contribution is -2.26. The molecule has 9 heavy (non-hydrogen) atoms. The van der Waals surface area contributed by atoms with E-state index in [1.807, 2.05) is 6.08 Å². The smallest absolute Gasteiger partial charge is 0.0221 e. The highest BCUT2D eigenvalue weighted by Crippen LogP contribution is 2.29. The van der Waals surface area contributed by atoms with Crippen LogP contribution in [0.3, 0.4) is 0 Å². The second kappa shape index (κ2) is 2.53. The van der Waals surface area contributed by atoms with Crippen molar-refractivity contribution < 1.29 is 0 Å².